The van der Waals surface area contributed by atoms with Crippen molar-refractivity contribution in [2.75, 3.05) is 39.9 Å². The molecule has 11 heteroatoms. The molecule has 0 radical (unpaired) electrons. The van der Waals surface area contributed by atoms with Crippen LogP contribution in [-0.2, 0) is 16.0 Å². The van der Waals surface area contributed by atoms with Crippen LogP contribution in [0.15, 0.2) is 30.3 Å². The Morgan fingerprint density at radius 3 is 2.58 bits per heavy atom. The molecule has 1 atom stereocenters. The van der Waals surface area contributed by atoms with Crippen molar-refractivity contribution in [3.05, 3.63) is 51.5 Å². The van der Waals surface area contributed by atoms with Gasteiger partial charge in [0.2, 0.25) is 0 Å². The highest BCUT2D eigenvalue weighted by molar-refractivity contribution is 6.32. The average molecular weight is 596 g/mol. The molecule has 40 heavy (non-hydrogen) atoms. The fourth-order valence-corrected chi connectivity index (χ4v) is 5.42. The summed E-state index contributed by atoms with van der Waals surface area (Å²) < 4.78 is 23.1. The molecule has 2 aromatic rings. The highest BCUT2D eigenvalue weighted by atomic mass is 35.5. The molecule has 218 valence electrons. The topological polar surface area (TPSA) is 107 Å². The normalized spacial score (nSPS) is 17.1. The zero-order chi connectivity index (χ0) is 29.1. The third kappa shape index (κ3) is 6.94. The van der Waals surface area contributed by atoms with E-state index in [-0.39, 0.29) is 40.9 Å². The van der Waals surface area contributed by atoms with Gasteiger partial charge in [-0.15, -0.1) is 0 Å². The van der Waals surface area contributed by atoms with Crippen LogP contribution in [0.3, 0.4) is 0 Å². The Hall–Kier alpha value is -2.72. The Balaban J connectivity index is 1.36. The van der Waals surface area contributed by atoms with Crippen LogP contribution in [0.5, 0.6) is 17.2 Å². The Labute approximate surface area is 244 Å². The summed E-state index contributed by atoms with van der Waals surface area (Å²) in [6.45, 7) is 6.90. The maximum atomic E-state index is 12.5. The monoisotopic (exact) mass is 594 g/mol. The molecule has 2 aliphatic heterocycles. The van der Waals surface area contributed by atoms with Gasteiger partial charge in [0.15, 0.2) is 5.60 Å². The number of ether oxygens (including phenoxy) is 4. The number of hydrogen-bond donors (Lipinski definition) is 2. The summed E-state index contributed by atoms with van der Waals surface area (Å²) >= 11 is 12.5. The van der Waals surface area contributed by atoms with Crippen molar-refractivity contribution in [1.29, 1.82) is 0 Å². The molecule has 1 saturated heterocycles. The number of piperidine rings is 1. The minimum Gasteiger partial charge on any atom is -0.490 e. The van der Waals surface area contributed by atoms with Crippen molar-refractivity contribution in [3.8, 4) is 17.2 Å². The molecular weight excluding hydrogens is 559 g/mol. The lowest BCUT2D eigenvalue weighted by Gasteiger charge is -2.39. The summed E-state index contributed by atoms with van der Waals surface area (Å²) in [6, 6.07) is 8.61. The predicted octanol–water partition coefficient (Wildman–Crippen LogP) is 4.28. The first kappa shape index (κ1) is 30.2. The smallest absolute Gasteiger partial charge is 0.349 e. The molecule has 2 aromatic carbocycles. The van der Waals surface area contributed by atoms with Gasteiger partial charge in [0.05, 0.1) is 17.2 Å². The van der Waals surface area contributed by atoms with Gasteiger partial charge in [-0.05, 0) is 50.6 Å². The molecular formula is C29H36Cl2N2O7. The van der Waals surface area contributed by atoms with E-state index in [0.717, 1.165) is 43.7 Å². The van der Waals surface area contributed by atoms with Crippen molar-refractivity contribution in [1.82, 2.24) is 10.2 Å². The van der Waals surface area contributed by atoms with Crippen LogP contribution in [0.2, 0.25) is 10.0 Å². The van der Waals surface area contributed by atoms with Gasteiger partial charge in [0.1, 0.15) is 35.6 Å². The second kappa shape index (κ2) is 12.4. The number of nitrogens with zero attached hydrogens (tertiary/aromatic N) is 1. The van der Waals surface area contributed by atoms with Crippen LogP contribution in [0.4, 0.5) is 0 Å². The van der Waals surface area contributed by atoms with Crippen LogP contribution in [0.1, 0.15) is 49.5 Å². The van der Waals surface area contributed by atoms with E-state index >= 15 is 0 Å². The summed E-state index contributed by atoms with van der Waals surface area (Å²) in [6.07, 6.45) is 1.69. The Kier molecular flexibility index (Phi) is 9.40. The van der Waals surface area contributed by atoms with Crippen molar-refractivity contribution < 1.29 is 33.6 Å². The van der Waals surface area contributed by atoms with Gasteiger partial charge in [0, 0.05) is 57.0 Å². The quantitative estimate of drug-likeness (QED) is 0.392. The van der Waals surface area contributed by atoms with Gasteiger partial charge in [-0.2, -0.15) is 0 Å². The van der Waals surface area contributed by atoms with Gasteiger partial charge < -0.3 is 34.3 Å². The van der Waals surface area contributed by atoms with Gasteiger partial charge in [0.25, 0.3) is 5.91 Å². The molecule has 0 bridgehead atoms. The number of aliphatic hydroxyl groups excluding tert-OH is 1. The Morgan fingerprint density at radius 2 is 1.90 bits per heavy atom. The lowest BCUT2D eigenvalue weighted by molar-refractivity contribution is -0.158. The third-order valence-electron chi connectivity index (χ3n) is 7.17. The number of likely N-dealkylation sites (tertiary alicyclic amines) is 1. The Bertz CT molecular complexity index is 1250. The highest BCUT2D eigenvalue weighted by Crippen LogP contribution is 2.42. The lowest BCUT2D eigenvalue weighted by Crippen LogP contribution is -2.49. The summed E-state index contributed by atoms with van der Waals surface area (Å²) in [7, 11) is 1.49. The van der Waals surface area contributed by atoms with Gasteiger partial charge in [-0.25, -0.2) is 4.79 Å². The van der Waals surface area contributed by atoms with Gasteiger partial charge in [-0.3, -0.25) is 4.79 Å². The van der Waals surface area contributed by atoms with Crippen LogP contribution < -0.4 is 19.5 Å². The second-order valence-electron chi connectivity index (χ2n) is 10.7. The predicted molar refractivity (Wildman–Crippen MR) is 152 cm³/mol. The first-order valence-electron chi connectivity index (χ1n) is 13.4. The van der Waals surface area contributed by atoms with E-state index in [9.17, 15) is 14.7 Å². The number of halogens is 2. The number of esters is 1. The number of carbonyl (C=O) groups is 2. The van der Waals surface area contributed by atoms with Crippen LogP contribution in [0.25, 0.3) is 0 Å². The van der Waals surface area contributed by atoms with E-state index in [1.807, 2.05) is 18.2 Å². The number of β-amino-alcohol motifs (C(OH)–C–C–N with tert-alkyl or cyclic N) is 1. The van der Waals surface area contributed by atoms with E-state index in [4.69, 9.17) is 42.1 Å². The first-order valence-corrected chi connectivity index (χ1v) is 14.1. The highest BCUT2D eigenvalue weighted by Gasteiger charge is 2.42. The number of hydrogen-bond acceptors (Lipinski definition) is 8. The summed E-state index contributed by atoms with van der Waals surface area (Å²) in [5.74, 6) is 0.249. The summed E-state index contributed by atoms with van der Waals surface area (Å²) in [5, 5.41) is 14.2. The van der Waals surface area contributed by atoms with E-state index in [2.05, 4.69) is 10.2 Å². The number of carbonyl (C=O) groups excluding carboxylic acids is 2. The molecule has 1 fully saturated rings. The lowest BCUT2D eigenvalue weighted by atomic mass is 9.87. The molecule has 9 nitrogen and oxygen atoms in total. The first-order chi connectivity index (χ1) is 18.9. The molecule has 0 unspecified atom stereocenters. The SMILES string of the molecule is CCOC(=O)C(C)(C)Oc1cc(OC[C@H](O)CN2CCC3(CC2)Cc2cc(Cl)ccc2O3)c(C(=O)NC)cc1Cl. The maximum Gasteiger partial charge on any atom is 0.349 e. The minimum absolute atomic E-state index is 0.0611. The number of benzene rings is 2. The third-order valence-corrected chi connectivity index (χ3v) is 7.70. The van der Waals surface area contributed by atoms with Gasteiger partial charge >= 0.3 is 5.97 Å². The largest absolute Gasteiger partial charge is 0.490 e. The molecule has 1 spiro atoms. The molecule has 2 N–H and O–H groups in total. The van der Waals surface area contributed by atoms with Crippen LogP contribution >= 0.6 is 23.2 Å². The molecule has 1 amide bonds. The number of nitrogens with one attached hydrogen (secondary N) is 1. The summed E-state index contributed by atoms with van der Waals surface area (Å²) in [4.78, 5) is 27.0. The summed E-state index contributed by atoms with van der Waals surface area (Å²) in [5.41, 5.74) is -0.241. The van der Waals surface area contributed by atoms with E-state index in [0.29, 0.717) is 11.6 Å². The zero-order valence-corrected chi connectivity index (χ0v) is 24.7. The maximum absolute atomic E-state index is 12.5. The molecule has 0 aliphatic carbocycles. The standard InChI is InChI=1S/C29H36Cl2N2O7/c1-5-37-27(36)28(2,3)39-25-14-24(21(13-22(25)31)26(35)32-4)38-17-20(34)16-33-10-8-29(9-11-33)15-18-12-19(30)6-7-23(18)40-29/h6-7,12-14,20,34H,5,8-11,15-17H2,1-4H3,(H,32,35)/t20-/m1/s1. The number of aliphatic hydroxyl groups is 1. The number of rotatable bonds is 10. The van der Waals surface area contributed by atoms with Crippen molar-refractivity contribution >= 4 is 35.1 Å². The van der Waals surface area contributed by atoms with Crippen molar-refractivity contribution in [2.45, 2.75) is 57.3 Å². The van der Waals surface area contributed by atoms with E-state index in [1.165, 1.54) is 19.2 Å². The van der Waals surface area contributed by atoms with Crippen molar-refractivity contribution in [3.63, 3.8) is 0 Å². The van der Waals surface area contributed by atoms with Crippen LogP contribution in [-0.4, -0.2) is 79.1 Å². The van der Waals surface area contributed by atoms with E-state index in [1.54, 1.807) is 20.8 Å². The molecule has 0 aromatic heterocycles. The minimum atomic E-state index is -1.33. The fraction of sp³-hybridized carbons (Fsp3) is 0.517. The number of amides is 1. The average Bonchev–Trinajstić information content (AvgIpc) is 3.26. The molecule has 2 aliphatic rings. The van der Waals surface area contributed by atoms with E-state index < -0.39 is 23.6 Å². The molecule has 2 heterocycles. The second-order valence-corrected chi connectivity index (χ2v) is 11.5. The van der Waals surface area contributed by atoms with Crippen LogP contribution in [0, 0.1) is 0 Å². The fourth-order valence-electron chi connectivity index (χ4n) is 5.03. The Morgan fingerprint density at radius 1 is 1.18 bits per heavy atom. The van der Waals surface area contributed by atoms with Gasteiger partial charge in [-0.1, -0.05) is 23.2 Å². The molecule has 4 rings (SSSR count). The van der Waals surface area contributed by atoms with Crippen molar-refractivity contribution in [2.24, 2.45) is 0 Å². The number of fused-ring (bicyclic) bond motifs is 1. The molecule has 0 saturated carbocycles. The zero-order valence-electron chi connectivity index (χ0n) is 23.2.